The Morgan fingerprint density at radius 2 is 1.87 bits per heavy atom. The molecule has 1 aliphatic rings. The second-order valence-corrected chi connectivity index (χ2v) is 9.03. The summed E-state index contributed by atoms with van der Waals surface area (Å²) in [6, 6.07) is 12.7. The smallest absolute Gasteiger partial charge is 0.489 e. The predicted molar refractivity (Wildman–Crippen MR) is 136 cm³/mol. The molecular weight excluding hydrogens is 531 g/mol. The van der Waals surface area contributed by atoms with Gasteiger partial charge in [0, 0.05) is 38.8 Å². The van der Waals surface area contributed by atoms with Gasteiger partial charge in [0.15, 0.2) is 0 Å². The average molecular weight is 562 g/mol. The molecule has 9 nitrogen and oxygen atoms in total. The van der Waals surface area contributed by atoms with Crippen LogP contribution in [0.2, 0.25) is 5.02 Å². The summed E-state index contributed by atoms with van der Waals surface area (Å²) in [5.41, 5.74) is 1.66. The van der Waals surface area contributed by atoms with Gasteiger partial charge in [-0.15, -0.1) is 0 Å². The van der Waals surface area contributed by atoms with Crippen LogP contribution in [-0.2, 0) is 4.79 Å². The Morgan fingerprint density at radius 1 is 1.24 bits per heavy atom. The van der Waals surface area contributed by atoms with Crippen LogP contribution in [0.4, 0.5) is 23.7 Å². The number of aliphatic hydroxyl groups is 1. The summed E-state index contributed by atoms with van der Waals surface area (Å²) in [5.74, 6) is -1.39. The van der Waals surface area contributed by atoms with Gasteiger partial charge >= 0.3 is 18.2 Å². The van der Waals surface area contributed by atoms with E-state index in [1.165, 1.54) is 4.90 Å². The fourth-order valence-corrected chi connectivity index (χ4v) is 3.72. The second kappa shape index (κ2) is 14.1. The first kappa shape index (κ1) is 31.0. The number of hydrogen-bond donors (Lipinski definition) is 3. The Morgan fingerprint density at radius 3 is 2.45 bits per heavy atom. The fraction of sp³-hybridized carbons (Fsp3) is 0.440. The number of carboxylic acid groups (broad SMARTS) is 1. The summed E-state index contributed by atoms with van der Waals surface area (Å²) in [5, 5.41) is 20.9. The van der Waals surface area contributed by atoms with Gasteiger partial charge in [0.05, 0.1) is 5.69 Å². The van der Waals surface area contributed by atoms with E-state index < -0.39 is 18.2 Å². The topological polar surface area (TPSA) is 112 Å². The highest BCUT2D eigenvalue weighted by atomic mass is 35.5. The number of carbonyl (C=O) groups is 2. The number of nitrogens with one attached hydrogen (secondary N) is 1. The molecule has 0 aromatic heterocycles. The standard InChI is InChI=1S/C23H30ClN3O4.C2HF3O2/c1-16-4-9-21(26(3)23(29)25-2)22(12-16)30-15-18(28)13-27-11-10-20(14-27)31-19-7-5-17(24)6-8-19;3-2(4,5)1(6)7/h4-9,12,18,20,28H,10-11,13-15H2,1-3H3,(H,25,29);(H,6,7). The van der Waals surface area contributed by atoms with Crippen LogP contribution in [-0.4, -0.2) is 85.8 Å². The highest BCUT2D eigenvalue weighted by molar-refractivity contribution is 6.30. The number of nitrogens with zero attached hydrogens (tertiary/aromatic N) is 2. The predicted octanol–water partition coefficient (Wildman–Crippen LogP) is 3.95. The van der Waals surface area contributed by atoms with Crippen molar-refractivity contribution < 1.29 is 42.4 Å². The molecule has 1 fully saturated rings. The lowest BCUT2D eigenvalue weighted by molar-refractivity contribution is -0.192. The van der Waals surface area contributed by atoms with Crippen molar-refractivity contribution in [3.05, 3.63) is 53.1 Å². The van der Waals surface area contributed by atoms with Crippen molar-refractivity contribution in [2.75, 3.05) is 45.2 Å². The molecule has 1 heterocycles. The third kappa shape index (κ3) is 9.92. The molecular formula is C25H31ClF3N3O6. The van der Waals surface area contributed by atoms with Gasteiger partial charge < -0.3 is 25.0 Å². The Kier molecular flexibility index (Phi) is 11.5. The summed E-state index contributed by atoms with van der Waals surface area (Å²) >= 11 is 5.92. The van der Waals surface area contributed by atoms with Crippen LogP contribution >= 0.6 is 11.6 Å². The zero-order valence-electron chi connectivity index (χ0n) is 21.2. The Labute approximate surface area is 223 Å². The zero-order chi connectivity index (χ0) is 28.5. The largest absolute Gasteiger partial charge is 0.490 e. The first-order valence-electron chi connectivity index (χ1n) is 11.6. The van der Waals surface area contributed by atoms with Crippen LogP contribution in [0.15, 0.2) is 42.5 Å². The number of aryl methyl sites for hydroxylation is 1. The van der Waals surface area contributed by atoms with Crippen molar-refractivity contribution in [3.8, 4) is 11.5 Å². The third-order valence-electron chi connectivity index (χ3n) is 5.48. The molecule has 13 heteroatoms. The molecule has 2 unspecified atom stereocenters. The number of halogens is 4. The lowest BCUT2D eigenvalue weighted by Gasteiger charge is -2.23. The maximum absolute atomic E-state index is 12.0. The van der Waals surface area contributed by atoms with Crippen LogP contribution in [0, 0.1) is 6.92 Å². The lowest BCUT2D eigenvalue weighted by Crippen LogP contribution is -2.36. The van der Waals surface area contributed by atoms with Crippen molar-refractivity contribution in [1.82, 2.24) is 10.2 Å². The maximum Gasteiger partial charge on any atom is 0.490 e. The van der Waals surface area contributed by atoms with Crippen molar-refractivity contribution >= 4 is 29.3 Å². The third-order valence-corrected chi connectivity index (χ3v) is 5.74. The number of aliphatic carboxylic acids is 1. The number of benzene rings is 2. The number of alkyl halides is 3. The minimum absolute atomic E-state index is 0.0823. The van der Waals surface area contributed by atoms with Crippen molar-refractivity contribution in [3.63, 3.8) is 0 Å². The summed E-state index contributed by atoms with van der Waals surface area (Å²) in [7, 11) is 3.26. The molecule has 1 saturated heterocycles. The van der Waals surface area contributed by atoms with E-state index in [-0.39, 0.29) is 18.7 Å². The van der Waals surface area contributed by atoms with E-state index in [0.29, 0.717) is 23.0 Å². The fourth-order valence-electron chi connectivity index (χ4n) is 3.59. The molecule has 3 N–H and O–H groups in total. The molecule has 0 saturated carbocycles. The van der Waals surface area contributed by atoms with Gasteiger partial charge in [0.25, 0.3) is 0 Å². The number of hydrogen-bond acceptors (Lipinski definition) is 6. The average Bonchev–Trinajstić information content (AvgIpc) is 3.29. The van der Waals surface area contributed by atoms with Crippen LogP contribution in [0.3, 0.4) is 0 Å². The Bertz CT molecular complexity index is 1070. The first-order chi connectivity index (χ1) is 17.8. The van der Waals surface area contributed by atoms with Crippen LogP contribution < -0.4 is 19.7 Å². The van der Waals surface area contributed by atoms with Gasteiger partial charge in [-0.2, -0.15) is 13.2 Å². The lowest BCUT2D eigenvalue weighted by atomic mass is 10.2. The van der Waals surface area contributed by atoms with Crippen molar-refractivity contribution in [2.45, 2.75) is 31.7 Å². The number of carboxylic acids is 1. The molecule has 2 atom stereocenters. The van der Waals surface area contributed by atoms with Gasteiger partial charge in [0.2, 0.25) is 0 Å². The van der Waals surface area contributed by atoms with E-state index in [0.717, 1.165) is 30.8 Å². The number of ether oxygens (including phenoxy) is 2. The Balaban J connectivity index is 0.000000638. The van der Waals surface area contributed by atoms with Crippen molar-refractivity contribution in [2.24, 2.45) is 0 Å². The zero-order valence-corrected chi connectivity index (χ0v) is 21.9. The van der Waals surface area contributed by atoms with E-state index in [1.54, 1.807) is 14.1 Å². The molecule has 0 radical (unpaired) electrons. The number of aliphatic hydroxyl groups excluding tert-OH is 1. The number of carbonyl (C=O) groups excluding carboxylic acids is 1. The van der Waals surface area contributed by atoms with Crippen LogP contribution in [0.25, 0.3) is 0 Å². The van der Waals surface area contributed by atoms with E-state index in [4.69, 9.17) is 31.0 Å². The molecule has 3 rings (SSSR count). The highest BCUT2D eigenvalue weighted by Gasteiger charge is 2.38. The van der Waals surface area contributed by atoms with Gasteiger partial charge in [-0.25, -0.2) is 9.59 Å². The van der Waals surface area contributed by atoms with E-state index >= 15 is 0 Å². The molecule has 0 spiro atoms. The van der Waals surface area contributed by atoms with E-state index in [2.05, 4.69) is 10.2 Å². The summed E-state index contributed by atoms with van der Waals surface area (Å²) in [6.45, 7) is 4.18. The first-order valence-corrected chi connectivity index (χ1v) is 12.0. The van der Waals surface area contributed by atoms with Crippen LogP contribution in [0.1, 0.15) is 12.0 Å². The quantitative estimate of drug-likeness (QED) is 0.447. The van der Waals surface area contributed by atoms with Crippen molar-refractivity contribution in [1.29, 1.82) is 0 Å². The maximum atomic E-state index is 12.0. The van der Waals surface area contributed by atoms with Gasteiger partial charge in [-0.3, -0.25) is 9.80 Å². The molecule has 210 valence electrons. The molecule has 0 bridgehead atoms. The minimum Gasteiger partial charge on any atom is -0.489 e. The van der Waals surface area contributed by atoms with Crippen LogP contribution in [0.5, 0.6) is 11.5 Å². The van der Waals surface area contributed by atoms with E-state index in [9.17, 15) is 23.1 Å². The number of likely N-dealkylation sites (tertiary alicyclic amines) is 1. The van der Waals surface area contributed by atoms with E-state index in [1.807, 2.05) is 49.4 Å². The minimum atomic E-state index is -5.08. The molecule has 2 aromatic carbocycles. The number of rotatable bonds is 8. The van der Waals surface area contributed by atoms with Gasteiger partial charge in [-0.1, -0.05) is 17.7 Å². The second-order valence-electron chi connectivity index (χ2n) is 8.60. The molecule has 1 aliphatic heterocycles. The number of β-amino-alcohol motifs (C(OH)–C–C–N with tert-alkyl or cyclic N) is 1. The highest BCUT2D eigenvalue weighted by Crippen LogP contribution is 2.29. The molecule has 2 amide bonds. The number of urea groups is 1. The molecule has 2 aromatic rings. The SMILES string of the molecule is CNC(=O)N(C)c1ccc(C)cc1OCC(O)CN1CCC(Oc2ccc(Cl)cc2)C1.O=C(O)C(F)(F)F. The molecule has 0 aliphatic carbocycles. The van der Waals surface area contributed by atoms with Gasteiger partial charge in [-0.05, 0) is 55.3 Å². The molecule has 38 heavy (non-hydrogen) atoms. The number of anilines is 1. The summed E-state index contributed by atoms with van der Waals surface area (Å²) in [6.07, 6.45) is -4.76. The summed E-state index contributed by atoms with van der Waals surface area (Å²) in [4.78, 5) is 24.5. The monoisotopic (exact) mass is 561 g/mol. The number of amides is 2. The van der Waals surface area contributed by atoms with Gasteiger partial charge in [0.1, 0.15) is 30.3 Å². The summed E-state index contributed by atoms with van der Waals surface area (Å²) < 4.78 is 43.6. The Hall–Kier alpha value is -3.22. The normalized spacial score (nSPS) is 16.2.